The number of morpholine rings is 1. The van der Waals surface area contributed by atoms with Gasteiger partial charge in [0.25, 0.3) is 0 Å². The number of hydrogen-bond donors (Lipinski definition) is 2. The zero-order chi connectivity index (χ0) is 15.5. The van der Waals surface area contributed by atoms with Crippen LogP contribution in [-0.4, -0.2) is 77.5 Å². The predicted molar refractivity (Wildman–Crippen MR) is 75.0 cm³/mol. The number of urea groups is 1. The van der Waals surface area contributed by atoms with E-state index in [-0.39, 0.29) is 25.2 Å². The molecule has 0 saturated carbocycles. The summed E-state index contributed by atoms with van der Waals surface area (Å²) in [6.45, 7) is 3.75. The van der Waals surface area contributed by atoms with Gasteiger partial charge in [-0.15, -0.1) is 0 Å². The van der Waals surface area contributed by atoms with Crippen molar-refractivity contribution in [3.8, 4) is 0 Å². The van der Waals surface area contributed by atoms with Gasteiger partial charge in [0.05, 0.1) is 31.3 Å². The lowest BCUT2D eigenvalue weighted by Gasteiger charge is -2.37. The van der Waals surface area contributed by atoms with Gasteiger partial charge in [0.2, 0.25) is 0 Å². The minimum Gasteiger partial charge on any atom is -0.481 e. The highest BCUT2D eigenvalue weighted by Gasteiger charge is 2.46. The maximum atomic E-state index is 12.6. The minimum atomic E-state index is -0.819. The molecule has 2 fully saturated rings. The Hall–Kier alpha value is -1.34. The molecule has 2 N–H and O–H groups in total. The average molecular weight is 300 g/mol. The second-order valence-corrected chi connectivity index (χ2v) is 5.89. The molecule has 2 aliphatic heterocycles. The average Bonchev–Trinajstić information content (AvgIpc) is 2.92. The van der Waals surface area contributed by atoms with E-state index in [4.69, 9.17) is 4.74 Å². The molecule has 7 heteroatoms. The van der Waals surface area contributed by atoms with E-state index < -0.39 is 11.4 Å². The van der Waals surface area contributed by atoms with Crippen molar-refractivity contribution >= 4 is 12.0 Å². The summed E-state index contributed by atoms with van der Waals surface area (Å²) in [4.78, 5) is 27.4. The predicted octanol–water partition coefficient (Wildman–Crippen LogP) is 0.376. The fourth-order valence-electron chi connectivity index (χ4n) is 3.24. The highest BCUT2D eigenvalue weighted by atomic mass is 16.5. The molecule has 2 unspecified atom stereocenters. The summed E-state index contributed by atoms with van der Waals surface area (Å²) < 4.78 is 5.27. The van der Waals surface area contributed by atoms with Crippen LogP contribution in [0.5, 0.6) is 0 Å². The first-order valence-corrected chi connectivity index (χ1v) is 7.51. The van der Waals surface area contributed by atoms with Crippen molar-refractivity contribution in [3.05, 3.63) is 0 Å². The summed E-state index contributed by atoms with van der Waals surface area (Å²) in [7, 11) is 0. The van der Waals surface area contributed by atoms with E-state index >= 15 is 0 Å². The van der Waals surface area contributed by atoms with E-state index in [9.17, 15) is 19.8 Å². The van der Waals surface area contributed by atoms with Crippen molar-refractivity contribution in [2.24, 2.45) is 5.41 Å². The lowest BCUT2D eigenvalue weighted by atomic mass is 9.83. The van der Waals surface area contributed by atoms with Crippen molar-refractivity contribution in [2.75, 3.05) is 39.5 Å². The molecule has 0 radical (unpaired) electrons. The highest BCUT2D eigenvalue weighted by molar-refractivity contribution is 5.80. The Morgan fingerprint density at radius 2 is 2.14 bits per heavy atom. The van der Waals surface area contributed by atoms with E-state index in [1.807, 2.05) is 6.92 Å². The summed E-state index contributed by atoms with van der Waals surface area (Å²) in [5, 5.41) is 18.8. The molecule has 0 spiro atoms. The molecule has 0 aromatic carbocycles. The van der Waals surface area contributed by atoms with Gasteiger partial charge >= 0.3 is 12.0 Å². The molecule has 2 saturated heterocycles. The van der Waals surface area contributed by atoms with Gasteiger partial charge in [-0.2, -0.15) is 0 Å². The number of carboxylic acids is 1. The van der Waals surface area contributed by atoms with Gasteiger partial charge in [-0.3, -0.25) is 4.79 Å². The summed E-state index contributed by atoms with van der Waals surface area (Å²) >= 11 is 0. The Morgan fingerprint density at radius 1 is 1.38 bits per heavy atom. The molecule has 0 bridgehead atoms. The van der Waals surface area contributed by atoms with Crippen LogP contribution in [0.1, 0.15) is 26.2 Å². The molecule has 2 rings (SSSR count). The number of aliphatic carboxylic acids is 1. The molecule has 2 heterocycles. The molecule has 21 heavy (non-hydrogen) atoms. The quantitative estimate of drug-likeness (QED) is 0.783. The van der Waals surface area contributed by atoms with Gasteiger partial charge in [0.1, 0.15) is 0 Å². The Balaban J connectivity index is 2.05. The van der Waals surface area contributed by atoms with Gasteiger partial charge in [-0.1, -0.05) is 13.3 Å². The summed E-state index contributed by atoms with van der Waals surface area (Å²) in [6, 6.07) is -0.520. The van der Waals surface area contributed by atoms with E-state index in [1.165, 1.54) is 0 Å². The first-order chi connectivity index (χ1) is 10.0. The van der Waals surface area contributed by atoms with Crippen molar-refractivity contribution in [2.45, 2.75) is 32.2 Å². The normalized spacial score (nSPS) is 29.7. The second kappa shape index (κ2) is 6.62. The van der Waals surface area contributed by atoms with Crippen molar-refractivity contribution in [3.63, 3.8) is 0 Å². The van der Waals surface area contributed by atoms with Gasteiger partial charge in [-0.05, 0) is 12.8 Å². The molecule has 2 amide bonds. The van der Waals surface area contributed by atoms with Crippen molar-refractivity contribution in [1.82, 2.24) is 9.80 Å². The van der Waals surface area contributed by atoms with Gasteiger partial charge in [0.15, 0.2) is 0 Å². The Kier molecular flexibility index (Phi) is 5.05. The lowest BCUT2D eigenvalue weighted by Crippen LogP contribution is -2.55. The van der Waals surface area contributed by atoms with Crippen LogP contribution in [0, 0.1) is 5.41 Å². The fourth-order valence-corrected chi connectivity index (χ4v) is 3.24. The van der Waals surface area contributed by atoms with Crippen LogP contribution < -0.4 is 0 Å². The zero-order valence-corrected chi connectivity index (χ0v) is 12.5. The van der Waals surface area contributed by atoms with E-state index in [2.05, 4.69) is 0 Å². The minimum absolute atomic E-state index is 0.140. The molecular weight excluding hydrogens is 276 g/mol. The van der Waals surface area contributed by atoms with E-state index in [0.717, 1.165) is 6.42 Å². The van der Waals surface area contributed by atoms with Crippen molar-refractivity contribution < 1.29 is 24.5 Å². The number of ether oxygens (including phenoxy) is 1. The number of rotatable bonds is 4. The van der Waals surface area contributed by atoms with Crippen LogP contribution in [0.4, 0.5) is 4.79 Å². The van der Waals surface area contributed by atoms with Crippen LogP contribution in [0.15, 0.2) is 0 Å². The van der Waals surface area contributed by atoms with E-state index in [0.29, 0.717) is 39.1 Å². The molecular formula is C14H24N2O5. The Morgan fingerprint density at radius 3 is 2.76 bits per heavy atom. The number of carbonyl (C=O) groups is 2. The third-order valence-corrected chi connectivity index (χ3v) is 4.49. The topological polar surface area (TPSA) is 90.3 Å². The number of nitrogens with zero attached hydrogens (tertiary/aromatic N) is 2. The largest absolute Gasteiger partial charge is 0.481 e. The SMILES string of the molecule is CCCC1(C(=O)O)CCN(C(=O)N2CCOCC2CO)C1. The van der Waals surface area contributed by atoms with Gasteiger partial charge < -0.3 is 24.7 Å². The smallest absolute Gasteiger partial charge is 0.320 e. The molecule has 7 nitrogen and oxygen atoms in total. The Labute approximate surface area is 124 Å². The number of hydrogen-bond acceptors (Lipinski definition) is 4. The molecule has 120 valence electrons. The first kappa shape index (κ1) is 16.0. The summed E-state index contributed by atoms with van der Waals surface area (Å²) in [5.74, 6) is -0.819. The zero-order valence-electron chi connectivity index (χ0n) is 12.5. The number of carboxylic acid groups (broad SMARTS) is 1. The Bertz CT molecular complexity index is 403. The number of likely N-dealkylation sites (tertiary alicyclic amines) is 1. The van der Waals surface area contributed by atoms with Crippen LogP contribution >= 0.6 is 0 Å². The fraction of sp³-hybridized carbons (Fsp3) is 0.857. The van der Waals surface area contributed by atoms with Crippen LogP contribution in [0.2, 0.25) is 0 Å². The van der Waals surface area contributed by atoms with Crippen LogP contribution in [0.25, 0.3) is 0 Å². The maximum absolute atomic E-state index is 12.6. The van der Waals surface area contributed by atoms with Crippen LogP contribution in [0.3, 0.4) is 0 Å². The number of aliphatic hydroxyl groups excluding tert-OH is 1. The molecule has 0 aromatic heterocycles. The number of amides is 2. The molecule has 0 aliphatic carbocycles. The molecule has 0 aromatic rings. The monoisotopic (exact) mass is 300 g/mol. The van der Waals surface area contributed by atoms with E-state index in [1.54, 1.807) is 9.80 Å². The van der Waals surface area contributed by atoms with Gasteiger partial charge in [0, 0.05) is 19.6 Å². The second-order valence-electron chi connectivity index (χ2n) is 5.89. The van der Waals surface area contributed by atoms with Gasteiger partial charge in [-0.25, -0.2) is 4.79 Å². The molecule has 2 aliphatic rings. The molecule has 2 atom stereocenters. The first-order valence-electron chi connectivity index (χ1n) is 7.51. The maximum Gasteiger partial charge on any atom is 0.320 e. The third-order valence-electron chi connectivity index (χ3n) is 4.49. The lowest BCUT2D eigenvalue weighted by molar-refractivity contribution is -0.148. The highest BCUT2D eigenvalue weighted by Crippen LogP contribution is 2.36. The van der Waals surface area contributed by atoms with Crippen LogP contribution in [-0.2, 0) is 9.53 Å². The summed E-state index contributed by atoms with van der Waals surface area (Å²) in [6.07, 6.45) is 1.86. The third kappa shape index (κ3) is 3.13. The summed E-state index contributed by atoms with van der Waals surface area (Å²) in [5.41, 5.74) is -0.814. The number of carbonyl (C=O) groups excluding carboxylic acids is 1. The van der Waals surface area contributed by atoms with Crippen molar-refractivity contribution in [1.29, 1.82) is 0 Å². The standard InChI is InChI=1S/C14H24N2O5/c1-2-3-14(12(18)19)4-5-15(10-14)13(20)16-6-7-21-9-11(16)8-17/h11,17H,2-10H2,1H3,(H,18,19). The number of aliphatic hydroxyl groups is 1.